The summed E-state index contributed by atoms with van der Waals surface area (Å²) in [6, 6.07) is 0. The molecule has 0 aromatic heterocycles. The Balaban J connectivity index is 2.63. The second-order valence-electron chi connectivity index (χ2n) is 5.26. The molecule has 2 atom stereocenters. The highest BCUT2D eigenvalue weighted by Gasteiger charge is 2.41. The minimum Gasteiger partial charge on any atom is -0.508 e. The topological polar surface area (TPSA) is 57.5 Å². The van der Waals surface area contributed by atoms with Crippen LogP contribution in [0.25, 0.3) is 0 Å². The summed E-state index contributed by atoms with van der Waals surface area (Å²) in [6.07, 6.45) is 10.7. The zero-order valence-corrected chi connectivity index (χ0v) is 11.4. The number of aliphatic carboxylic acids is 1. The summed E-state index contributed by atoms with van der Waals surface area (Å²) in [5.41, 5.74) is -0.835. The van der Waals surface area contributed by atoms with Crippen LogP contribution in [0.3, 0.4) is 0 Å². The van der Waals surface area contributed by atoms with E-state index < -0.39 is 11.4 Å². The van der Waals surface area contributed by atoms with Gasteiger partial charge in [0.25, 0.3) is 0 Å². The third kappa shape index (κ3) is 3.37. The molecule has 0 bridgehead atoms. The number of unbranched alkanes of at least 4 members (excludes halogenated alkanes) is 3. The molecule has 0 saturated heterocycles. The Morgan fingerprint density at radius 2 is 2.17 bits per heavy atom. The average molecular weight is 252 g/mol. The molecule has 1 unspecified atom stereocenters. The Kier molecular flexibility index (Phi) is 5.45. The normalized spacial score (nSPS) is 24.7. The SMILES string of the molecule is CCCCCCC(C)[C@]1(C(=O)O)C=CC(O)=CC1. The summed E-state index contributed by atoms with van der Waals surface area (Å²) >= 11 is 0. The van der Waals surface area contributed by atoms with Crippen LogP contribution in [-0.2, 0) is 4.79 Å². The van der Waals surface area contributed by atoms with E-state index in [-0.39, 0.29) is 11.7 Å². The van der Waals surface area contributed by atoms with E-state index in [9.17, 15) is 15.0 Å². The molecule has 0 radical (unpaired) electrons. The van der Waals surface area contributed by atoms with Gasteiger partial charge in [-0.1, -0.05) is 45.6 Å². The lowest BCUT2D eigenvalue weighted by Gasteiger charge is -2.33. The minimum atomic E-state index is -0.835. The molecule has 2 N–H and O–H groups in total. The molecule has 0 fully saturated rings. The van der Waals surface area contributed by atoms with Crippen LogP contribution in [0.4, 0.5) is 0 Å². The highest BCUT2D eigenvalue weighted by atomic mass is 16.4. The fourth-order valence-corrected chi connectivity index (χ4v) is 2.51. The highest BCUT2D eigenvalue weighted by Crippen LogP contribution is 2.40. The first-order valence-electron chi connectivity index (χ1n) is 6.84. The number of hydrogen-bond acceptors (Lipinski definition) is 2. The quantitative estimate of drug-likeness (QED) is 0.672. The van der Waals surface area contributed by atoms with Crippen molar-refractivity contribution < 1.29 is 15.0 Å². The molecule has 3 heteroatoms. The van der Waals surface area contributed by atoms with Crippen LogP contribution in [0.2, 0.25) is 0 Å². The first-order chi connectivity index (χ1) is 8.53. The van der Waals surface area contributed by atoms with E-state index in [0.29, 0.717) is 6.42 Å². The number of hydrogen-bond donors (Lipinski definition) is 2. The van der Waals surface area contributed by atoms with Crippen LogP contribution in [0.1, 0.15) is 52.4 Å². The van der Waals surface area contributed by atoms with Crippen LogP contribution < -0.4 is 0 Å². The van der Waals surface area contributed by atoms with Gasteiger partial charge in [0.1, 0.15) is 5.76 Å². The lowest BCUT2D eigenvalue weighted by atomic mass is 9.70. The predicted octanol–water partition coefficient (Wildman–Crippen LogP) is 4.07. The number of allylic oxidation sites excluding steroid dienone is 2. The van der Waals surface area contributed by atoms with E-state index in [2.05, 4.69) is 6.92 Å². The molecule has 1 rings (SSSR count). The lowest BCUT2D eigenvalue weighted by molar-refractivity contribution is -0.148. The van der Waals surface area contributed by atoms with Gasteiger partial charge >= 0.3 is 5.97 Å². The summed E-state index contributed by atoms with van der Waals surface area (Å²) < 4.78 is 0. The molecule has 1 aliphatic carbocycles. The summed E-state index contributed by atoms with van der Waals surface area (Å²) in [4.78, 5) is 11.6. The number of rotatable bonds is 7. The van der Waals surface area contributed by atoms with Crippen LogP contribution >= 0.6 is 0 Å². The smallest absolute Gasteiger partial charge is 0.314 e. The fourth-order valence-electron chi connectivity index (χ4n) is 2.51. The van der Waals surface area contributed by atoms with Crippen molar-refractivity contribution in [1.82, 2.24) is 0 Å². The summed E-state index contributed by atoms with van der Waals surface area (Å²) in [6.45, 7) is 4.17. The maximum absolute atomic E-state index is 11.6. The second-order valence-corrected chi connectivity index (χ2v) is 5.26. The van der Waals surface area contributed by atoms with Gasteiger partial charge in [0.15, 0.2) is 0 Å². The van der Waals surface area contributed by atoms with Crippen molar-refractivity contribution in [3.63, 3.8) is 0 Å². The standard InChI is InChI=1S/C15H24O3/c1-3-4-5-6-7-12(2)15(14(17)18)10-8-13(16)9-11-15/h8-10,12,16H,3-7,11H2,1-2H3,(H,17,18)/t12?,15-/m0/s1. The van der Waals surface area contributed by atoms with Crippen LogP contribution in [0.5, 0.6) is 0 Å². The van der Waals surface area contributed by atoms with Gasteiger partial charge in [0.2, 0.25) is 0 Å². The van der Waals surface area contributed by atoms with Gasteiger partial charge in [-0.2, -0.15) is 0 Å². The van der Waals surface area contributed by atoms with Crippen molar-refractivity contribution in [3.8, 4) is 0 Å². The van der Waals surface area contributed by atoms with Crippen molar-refractivity contribution in [2.45, 2.75) is 52.4 Å². The molecule has 0 aromatic rings. The van der Waals surface area contributed by atoms with Gasteiger partial charge in [-0.25, -0.2) is 0 Å². The molecule has 0 aliphatic heterocycles. The molecule has 102 valence electrons. The third-order valence-corrected chi connectivity index (χ3v) is 3.97. The summed E-state index contributed by atoms with van der Waals surface area (Å²) in [5, 5.41) is 18.8. The molecule has 0 amide bonds. The van der Waals surface area contributed by atoms with Gasteiger partial charge in [-0.05, 0) is 30.9 Å². The molecule has 0 spiro atoms. The van der Waals surface area contributed by atoms with E-state index in [1.807, 2.05) is 6.92 Å². The van der Waals surface area contributed by atoms with E-state index in [0.717, 1.165) is 12.8 Å². The van der Waals surface area contributed by atoms with Crippen molar-refractivity contribution in [3.05, 3.63) is 24.0 Å². The Morgan fingerprint density at radius 1 is 1.44 bits per heavy atom. The highest BCUT2D eigenvalue weighted by molar-refractivity contribution is 5.78. The Labute approximate surface area is 109 Å². The van der Waals surface area contributed by atoms with E-state index in [1.165, 1.54) is 25.3 Å². The zero-order valence-electron chi connectivity index (χ0n) is 11.4. The number of aliphatic hydroxyl groups excluding tert-OH is 1. The Morgan fingerprint density at radius 3 is 2.67 bits per heavy atom. The van der Waals surface area contributed by atoms with Crippen LogP contribution in [0.15, 0.2) is 24.0 Å². The molecule has 1 aliphatic rings. The number of carbonyl (C=O) groups is 1. The minimum absolute atomic E-state index is 0.0902. The second kappa shape index (κ2) is 6.62. The van der Waals surface area contributed by atoms with E-state index in [1.54, 1.807) is 12.2 Å². The van der Waals surface area contributed by atoms with Gasteiger partial charge in [-0.15, -0.1) is 0 Å². The molecule has 3 nitrogen and oxygen atoms in total. The summed E-state index contributed by atoms with van der Waals surface area (Å²) in [5.74, 6) is -0.525. The van der Waals surface area contributed by atoms with Crippen LogP contribution in [0, 0.1) is 11.3 Å². The lowest BCUT2D eigenvalue weighted by Crippen LogP contribution is -2.36. The first-order valence-corrected chi connectivity index (χ1v) is 6.84. The van der Waals surface area contributed by atoms with Crippen LogP contribution in [-0.4, -0.2) is 16.2 Å². The maximum atomic E-state index is 11.6. The molecular formula is C15H24O3. The predicted molar refractivity (Wildman–Crippen MR) is 72.5 cm³/mol. The fraction of sp³-hybridized carbons (Fsp3) is 0.667. The van der Waals surface area contributed by atoms with Gasteiger partial charge in [0, 0.05) is 0 Å². The van der Waals surface area contributed by atoms with Gasteiger partial charge < -0.3 is 10.2 Å². The molecule has 0 saturated carbocycles. The average Bonchev–Trinajstić information content (AvgIpc) is 2.35. The van der Waals surface area contributed by atoms with Crippen molar-refractivity contribution >= 4 is 5.97 Å². The molecule has 18 heavy (non-hydrogen) atoms. The monoisotopic (exact) mass is 252 g/mol. The number of carboxylic acid groups (broad SMARTS) is 1. The van der Waals surface area contributed by atoms with E-state index >= 15 is 0 Å². The Bertz CT molecular complexity index is 344. The summed E-state index contributed by atoms with van der Waals surface area (Å²) in [7, 11) is 0. The van der Waals surface area contributed by atoms with Gasteiger partial charge in [0.05, 0.1) is 5.41 Å². The van der Waals surface area contributed by atoms with Gasteiger partial charge in [-0.3, -0.25) is 4.79 Å². The number of aliphatic hydroxyl groups is 1. The first kappa shape index (κ1) is 14.8. The molecular weight excluding hydrogens is 228 g/mol. The molecule has 0 heterocycles. The van der Waals surface area contributed by atoms with Crippen molar-refractivity contribution in [2.24, 2.45) is 11.3 Å². The Hall–Kier alpha value is -1.25. The van der Waals surface area contributed by atoms with E-state index in [4.69, 9.17) is 0 Å². The maximum Gasteiger partial charge on any atom is 0.314 e. The number of carboxylic acids is 1. The third-order valence-electron chi connectivity index (χ3n) is 3.97. The molecule has 0 aromatic carbocycles. The zero-order chi connectivity index (χ0) is 13.6. The van der Waals surface area contributed by atoms with Crippen molar-refractivity contribution in [1.29, 1.82) is 0 Å². The van der Waals surface area contributed by atoms with Crippen molar-refractivity contribution in [2.75, 3.05) is 0 Å². The largest absolute Gasteiger partial charge is 0.508 e.